The second kappa shape index (κ2) is 7.33. The maximum atomic E-state index is 13.4. The van der Waals surface area contributed by atoms with Gasteiger partial charge in [0.1, 0.15) is 17.8 Å². The van der Waals surface area contributed by atoms with E-state index in [1.807, 2.05) is 6.07 Å². The number of hydrogen-bond acceptors (Lipinski definition) is 3. The monoisotopic (exact) mass is 435 g/mol. The molecule has 2 aromatic carbocycles. The zero-order valence-electron chi connectivity index (χ0n) is 15.3. The van der Waals surface area contributed by atoms with Crippen molar-refractivity contribution in [3.8, 4) is 11.8 Å². The number of nitrogens with one attached hydrogen (secondary N) is 1. The first-order valence-corrected chi connectivity index (χ1v) is 9.43. The van der Waals surface area contributed by atoms with E-state index in [2.05, 4.69) is 5.32 Å². The van der Waals surface area contributed by atoms with Gasteiger partial charge in [-0.2, -0.15) is 18.4 Å². The van der Waals surface area contributed by atoms with Crippen molar-refractivity contribution < 1.29 is 17.6 Å². The molecule has 1 heterocycles. The number of hydrogen-bond donors (Lipinski definition) is 1. The number of aromatic nitrogens is 1. The SMILES string of the molecule is N#Cc1c(NC2CC(F)C2)c2ccc(C(F)(F)F)cc2n(-c2ccc(Cl)cc2)c1=O. The maximum Gasteiger partial charge on any atom is 0.416 e. The Labute approximate surface area is 173 Å². The molecule has 0 amide bonds. The molecule has 30 heavy (non-hydrogen) atoms. The van der Waals surface area contributed by atoms with Crippen LogP contribution in [0.4, 0.5) is 23.2 Å². The molecule has 3 aromatic rings. The number of fused-ring (bicyclic) bond motifs is 1. The molecule has 1 aliphatic carbocycles. The Morgan fingerprint density at radius 1 is 1.13 bits per heavy atom. The van der Waals surface area contributed by atoms with E-state index in [4.69, 9.17) is 11.6 Å². The van der Waals surface area contributed by atoms with Gasteiger partial charge in [-0.1, -0.05) is 17.7 Å². The molecule has 0 spiro atoms. The Kier molecular flexibility index (Phi) is 4.94. The molecule has 154 valence electrons. The average Bonchev–Trinajstić information content (AvgIpc) is 2.67. The van der Waals surface area contributed by atoms with Crippen LogP contribution >= 0.6 is 11.6 Å². The highest BCUT2D eigenvalue weighted by Gasteiger charge is 2.33. The largest absolute Gasteiger partial charge is 0.416 e. The van der Waals surface area contributed by atoms with Gasteiger partial charge >= 0.3 is 6.18 Å². The lowest BCUT2D eigenvalue weighted by Gasteiger charge is -2.32. The van der Waals surface area contributed by atoms with Gasteiger partial charge in [0.15, 0.2) is 0 Å². The van der Waals surface area contributed by atoms with Crippen molar-refractivity contribution in [2.24, 2.45) is 0 Å². The number of benzene rings is 2. The zero-order chi connectivity index (χ0) is 21.6. The van der Waals surface area contributed by atoms with E-state index < -0.39 is 23.5 Å². The number of halogens is 5. The van der Waals surface area contributed by atoms with Crippen LogP contribution in [0.1, 0.15) is 24.0 Å². The summed E-state index contributed by atoms with van der Waals surface area (Å²) in [4.78, 5) is 13.1. The van der Waals surface area contributed by atoms with Crippen LogP contribution in [0.25, 0.3) is 16.6 Å². The molecule has 1 aromatic heterocycles. The number of anilines is 1. The Hall–Kier alpha value is -3.05. The number of pyridine rings is 1. The summed E-state index contributed by atoms with van der Waals surface area (Å²) in [7, 11) is 0. The first-order chi connectivity index (χ1) is 14.2. The fraction of sp³-hybridized carbons (Fsp3) is 0.238. The lowest BCUT2D eigenvalue weighted by molar-refractivity contribution is -0.137. The fourth-order valence-electron chi connectivity index (χ4n) is 3.54. The number of nitrogens with zero attached hydrogens (tertiary/aromatic N) is 2. The second-order valence-corrected chi connectivity index (χ2v) is 7.55. The summed E-state index contributed by atoms with van der Waals surface area (Å²) in [6, 6.07) is 10.5. The van der Waals surface area contributed by atoms with Crippen molar-refractivity contribution >= 4 is 28.2 Å². The fourth-order valence-corrected chi connectivity index (χ4v) is 3.66. The molecule has 0 saturated heterocycles. The van der Waals surface area contributed by atoms with Crippen LogP contribution in [0.2, 0.25) is 5.02 Å². The molecule has 0 radical (unpaired) electrons. The molecule has 1 aliphatic rings. The molecule has 1 fully saturated rings. The number of rotatable bonds is 3. The van der Waals surface area contributed by atoms with Crippen LogP contribution in [0.5, 0.6) is 0 Å². The van der Waals surface area contributed by atoms with Crippen molar-refractivity contribution in [1.82, 2.24) is 4.57 Å². The lowest BCUT2D eigenvalue weighted by Crippen LogP contribution is -2.37. The Morgan fingerprint density at radius 2 is 1.80 bits per heavy atom. The van der Waals surface area contributed by atoms with Crippen LogP contribution < -0.4 is 10.9 Å². The van der Waals surface area contributed by atoms with Crippen molar-refractivity contribution in [1.29, 1.82) is 5.26 Å². The minimum Gasteiger partial charge on any atom is -0.380 e. The molecule has 0 aliphatic heterocycles. The maximum absolute atomic E-state index is 13.4. The van der Waals surface area contributed by atoms with Crippen molar-refractivity contribution in [2.75, 3.05) is 5.32 Å². The Balaban J connectivity index is 2.03. The van der Waals surface area contributed by atoms with Gasteiger partial charge in [0.2, 0.25) is 0 Å². The van der Waals surface area contributed by atoms with E-state index in [1.165, 1.54) is 30.3 Å². The Bertz CT molecular complexity index is 1220. The molecule has 0 unspecified atom stereocenters. The van der Waals surface area contributed by atoms with Gasteiger partial charge in [-0.3, -0.25) is 9.36 Å². The van der Waals surface area contributed by atoms with Gasteiger partial charge in [-0.05, 0) is 49.2 Å². The summed E-state index contributed by atoms with van der Waals surface area (Å²) in [5, 5.41) is 13.3. The highest BCUT2D eigenvalue weighted by molar-refractivity contribution is 6.30. The Morgan fingerprint density at radius 3 is 2.37 bits per heavy atom. The smallest absolute Gasteiger partial charge is 0.380 e. The predicted molar refractivity (Wildman–Crippen MR) is 106 cm³/mol. The van der Waals surface area contributed by atoms with E-state index in [1.54, 1.807) is 0 Å². The van der Waals surface area contributed by atoms with E-state index >= 15 is 0 Å². The first-order valence-electron chi connectivity index (χ1n) is 9.05. The summed E-state index contributed by atoms with van der Waals surface area (Å²) >= 11 is 5.89. The molecule has 9 heteroatoms. The molecule has 4 nitrogen and oxygen atoms in total. The minimum atomic E-state index is -4.62. The second-order valence-electron chi connectivity index (χ2n) is 7.12. The topological polar surface area (TPSA) is 57.8 Å². The zero-order valence-corrected chi connectivity index (χ0v) is 16.1. The van der Waals surface area contributed by atoms with E-state index in [9.17, 15) is 27.6 Å². The van der Waals surface area contributed by atoms with Crippen LogP contribution in [-0.4, -0.2) is 16.8 Å². The van der Waals surface area contributed by atoms with Gasteiger partial charge in [0.05, 0.1) is 16.8 Å². The lowest BCUT2D eigenvalue weighted by atomic mass is 9.90. The highest BCUT2D eigenvalue weighted by atomic mass is 35.5. The first kappa shape index (κ1) is 20.2. The van der Waals surface area contributed by atoms with Crippen molar-refractivity contribution in [2.45, 2.75) is 31.2 Å². The van der Waals surface area contributed by atoms with E-state index in [0.29, 0.717) is 5.02 Å². The van der Waals surface area contributed by atoms with Crippen molar-refractivity contribution in [3.63, 3.8) is 0 Å². The third kappa shape index (κ3) is 3.50. The third-order valence-electron chi connectivity index (χ3n) is 5.13. The van der Waals surface area contributed by atoms with Gasteiger partial charge < -0.3 is 5.32 Å². The summed E-state index contributed by atoms with van der Waals surface area (Å²) in [6.07, 6.45) is -5.20. The molecule has 4 rings (SSSR count). The van der Waals surface area contributed by atoms with Gasteiger partial charge in [-0.15, -0.1) is 0 Å². The van der Waals surface area contributed by atoms with Crippen LogP contribution in [0.3, 0.4) is 0 Å². The van der Waals surface area contributed by atoms with Gasteiger partial charge in [-0.25, -0.2) is 4.39 Å². The third-order valence-corrected chi connectivity index (χ3v) is 5.38. The molecular formula is C21H14ClF4N3O. The molecule has 0 atom stereocenters. The van der Waals surface area contributed by atoms with Crippen molar-refractivity contribution in [3.05, 3.63) is 69.0 Å². The molecular weight excluding hydrogens is 422 g/mol. The van der Waals surface area contributed by atoms with Crippen LogP contribution in [0.15, 0.2) is 47.3 Å². The molecule has 1 N–H and O–H groups in total. The summed E-state index contributed by atoms with van der Waals surface area (Å²) in [5.41, 5.74) is -1.59. The van der Waals surface area contributed by atoms with E-state index in [-0.39, 0.29) is 46.7 Å². The normalized spacial score (nSPS) is 18.7. The molecule has 1 saturated carbocycles. The van der Waals surface area contributed by atoms with Crippen LogP contribution in [0, 0.1) is 11.3 Å². The average molecular weight is 436 g/mol. The highest BCUT2D eigenvalue weighted by Crippen LogP contribution is 2.36. The number of alkyl halides is 4. The van der Waals surface area contributed by atoms with Crippen LogP contribution in [-0.2, 0) is 6.18 Å². The summed E-state index contributed by atoms with van der Waals surface area (Å²) in [6.45, 7) is 0. The summed E-state index contributed by atoms with van der Waals surface area (Å²) in [5.74, 6) is 0. The van der Waals surface area contributed by atoms with E-state index in [0.717, 1.165) is 16.7 Å². The predicted octanol–water partition coefficient (Wildman–Crippen LogP) is 5.45. The summed E-state index contributed by atoms with van der Waals surface area (Å²) < 4.78 is 54.4. The van der Waals surface area contributed by atoms with Gasteiger partial charge in [0.25, 0.3) is 5.56 Å². The van der Waals surface area contributed by atoms with Gasteiger partial charge in [0, 0.05) is 22.1 Å². The standard InChI is InChI=1S/C21H14ClF4N3O/c22-12-2-4-15(5-3-12)29-18-7-11(21(24,25)26)1-6-16(18)19(17(10-27)20(29)30)28-14-8-13(23)9-14/h1-7,13-14,28H,8-9H2. The minimum absolute atomic E-state index is 0.0187. The molecule has 0 bridgehead atoms. The quantitative estimate of drug-likeness (QED) is 0.557. The number of nitriles is 1.